The molecule has 1 amide bonds. The number of amides is 1. The van der Waals surface area contributed by atoms with Gasteiger partial charge in [0.1, 0.15) is 6.10 Å². The summed E-state index contributed by atoms with van der Waals surface area (Å²) in [6.45, 7) is 1.75. The van der Waals surface area contributed by atoms with Crippen LogP contribution in [-0.2, 0) is 14.3 Å². The van der Waals surface area contributed by atoms with Crippen LogP contribution >= 0.6 is 0 Å². The van der Waals surface area contributed by atoms with Crippen molar-refractivity contribution in [2.24, 2.45) is 0 Å². The summed E-state index contributed by atoms with van der Waals surface area (Å²) in [7, 11) is 0. The van der Waals surface area contributed by atoms with Gasteiger partial charge in [-0.25, -0.2) is 4.79 Å². The first kappa shape index (κ1) is 14.2. The number of morpholine rings is 1. The summed E-state index contributed by atoms with van der Waals surface area (Å²) < 4.78 is 5.35. The molecular weight excluding hydrogens is 260 g/mol. The second-order valence-electron chi connectivity index (χ2n) is 4.35. The summed E-state index contributed by atoms with van der Waals surface area (Å²) in [4.78, 5) is 22.4. The Morgan fingerprint density at radius 2 is 2.30 bits per heavy atom. The molecule has 2 rings (SSSR count). The number of carbonyl (C=O) groups is 2. The molecule has 0 bridgehead atoms. The van der Waals surface area contributed by atoms with Gasteiger partial charge in [0.15, 0.2) is 0 Å². The monoisotopic (exact) mass is 276 g/mol. The highest BCUT2D eigenvalue weighted by atomic mass is 16.5. The van der Waals surface area contributed by atoms with E-state index >= 15 is 0 Å². The van der Waals surface area contributed by atoms with E-state index in [9.17, 15) is 9.59 Å². The number of rotatable bonds is 4. The van der Waals surface area contributed by atoms with Gasteiger partial charge in [0.2, 0.25) is 0 Å². The highest BCUT2D eigenvalue weighted by Crippen LogP contribution is 2.13. The summed E-state index contributed by atoms with van der Waals surface area (Å²) in [5.41, 5.74) is 1.31. The van der Waals surface area contributed by atoms with Crippen molar-refractivity contribution in [1.82, 2.24) is 5.32 Å². The zero-order valence-electron chi connectivity index (χ0n) is 10.8. The first-order valence-electron chi connectivity index (χ1n) is 6.29. The van der Waals surface area contributed by atoms with E-state index in [0.717, 1.165) is 12.6 Å². The molecular formula is C14H16N2O4. The second kappa shape index (κ2) is 6.83. The summed E-state index contributed by atoms with van der Waals surface area (Å²) in [6, 6.07) is 6.95. The van der Waals surface area contributed by atoms with E-state index in [0.29, 0.717) is 24.4 Å². The van der Waals surface area contributed by atoms with Crippen LogP contribution in [-0.4, -0.2) is 42.8 Å². The Kier molecular flexibility index (Phi) is 4.86. The van der Waals surface area contributed by atoms with Gasteiger partial charge in [0, 0.05) is 24.9 Å². The van der Waals surface area contributed by atoms with Gasteiger partial charge in [0.05, 0.1) is 6.61 Å². The van der Waals surface area contributed by atoms with Crippen molar-refractivity contribution in [3.63, 3.8) is 0 Å². The molecule has 1 aliphatic heterocycles. The van der Waals surface area contributed by atoms with Gasteiger partial charge in [0.25, 0.3) is 5.91 Å². The third-order valence-corrected chi connectivity index (χ3v) is 2.79. The highest BCUT2D eigenvalue weighted by Gasteiger charge is 2.21. The van der Waals surface area contributed by atoms with Crippen molar-refractivity contribution in [2.45, 2.75) is 6.10 Å². The first-order chi connectivity index (χ1) is 9.65. The standard InChI is InChI=1S/C14H16N2O4/c17-13(18)5-4-10-2-1-3-11(8-10)16-14(19)12-9-15-6-7-20-12/h1-5,8,12,15H,6-7,9H2,(H,16,19)(H,17,18)/b5-4+. The summed E-state index contributed by atoms with van der Waals surface area (Å²) >= 11 is 0. The fourth-order valence-electron chi connectivity index (χ4n) is 1.84. The van der Waals surface area contributed by atoms with Crippen LogP contribution in [0.25, 0.3) is 6.08 Å². The third kappa shape index (κ3) is 4.18. The maximum atomic E-state index is 12.0. The molecule has 6 heteroatoms. The zero-order chi connectivity index (χ0) is 14.4. The Hall–Kier alpha value is -2.18. The molecule has 0 spiro atoms. The van der Waals surface area contributed by atoms with E-state index in [4.69, 9.17) is 9.84 Å². The van der Waals surface area contributed by atoms with Crippen LogP contribution in [0.3, 0.4) is 0 Å². The Labute approximate surface area is 116 Å². The average Bonchev–Trinajstić information content (AvgIpc) is 2.46. The Morgan fingerprint density at radius 1 is 1.45 bits per heavy atom. The maximum Gasteiger partial charge on any atom is 0.328 e. The van der Waals surface area contributed by atoms with Crippen LogP contribution in [0.15, 0.2) is 30.3 Å². The SMILES string of the molecule is O=C(O)/C=C/c1cccc(NC(=O)C2CNCCO2)c1. The van der Waals surface area contributed by atoms with E-state index in [1.54, 1.807) is 24.3 Å². The molecule has 3 N–H and O–H groups in total. The minimum atomic E-state index is -1.01. The van der Waals surface area contributed by atoms with E-state index in [1.165, 1.54) is 6.08 Å². The van der Waals surface area contributed by atoms with Crippen molar-refractivity contribution in [1.29, 1.82) is 0 Å². The van der Waals surface area contributed by atoms with E-state index in [1.807, 2.05) is 0 Å². The quantitative estimate of drug-likeness (QED) is 0.705. The van der Waals surface area contributed by atoms with Gasteiger partial charge in [-0.15, -0.1) is 0 Å². The molecule has 1 unspecified atom stereocenters. The lowest BCUT2D eigenvalue weighted by molar-refractivity contribution is -0.131. The van der Waals surface area contributed by atoms with Crippen molar-refractivity contribution >= 4 is 23.6 Å². The Bertz CT molecular complexity index is 522. The summed E-state index contributed by atoms with van der Waals surface area (Å²) in [5.74, 6) is -1.22. The second-order valence-corrected chi connectivity index (χ2v) is 4.35. The number of carboxylic acids is 1. The van der Waals surface area contributed by atoms with Gasteiger partial charge >= 0.3 is 5.97 Å². The average molecular weight is 276 g/mol. The molecule has 20 heavy (non-hydrogen) atoms. The van der Waals surface area contributed by atoms with Crippen LogP contribution < -0.4 is 10.6 Å². The van der Waals surface area contributed by atoms with Crippen LogP contribution in [0.5, 0.6) is 0 Å². The van der Waals surface area contributed by atoms with Crippen LogP contribution in [0.1, 0.15) is 5.56 Å². The minimum Gasteiger partial charge on any atom is -0.478 e. The van der Waals surface area contributed by atoms with Crippen molar-refractivity contribution in [2.75, 3.05) is 25.0 Å². The lowest BCUT2D eigenvalue weighted by Gasteiger charge is -2.22. The molecule has 0 aliphatic carbocycles. The van der Waals surface area contributed by atoms with E-state index in [2.05, 4.69) is 10.6 Å². The predicted molar refractivity (Wildman–Crippen MR) is 74.4 cm³/mol. The minimum absolute atomic E-state index is 0.212. The number of hydrogen-bond donors (Lipinski definition) is 3. The molecule has 1 saturated heterocycles. The molecule has 1 atom stereocenters. The number of hydrogen-bond acceptors (Lipinski definition) is 4. The fourth-order valence-corrected chi connectivity index (χ4v) is 1.84. The number of carbonyl (C=O) groups excluding carboxylic acids is 1. The molecule has 1 aromatic carbocycles. The topological polar surface area (TPSA) is 87.7 Å². The molecule has 1 heterocycles. The number of anilines is 1. The first-order valence-corrected chi connectivity index (χ1v) is 6.29. The van der Waals surface area contributed by atoms with Gasteiger partial charge in [-0.2, -0.15) is 0 Å². The van der Waals surface area contributed by atoms with Crippen LogP contribution in [0.2, 0.25) is 0 Å². The number of nitrogens with one attached hydrogen (secondary N) is 2. The number of carboxylic acid groups (broad SMARTS) is 1. The summed E-state index contributed by atoms with van der Waals surface area (Å²) in [6.07, 6.45) is 2.02. The van der Waals surface area contributed by atoms with Crippen molar-refractivity contribution in [3.05, 3.63) is 35.9 Å². The highest BCUT2D eigenvalue weighted by molar-refractivity contribution is 5.94. The van der Waals surface area contributed by atoms with Gasteiger partial charge in [-0.05, 0) is 23.8 Å². The lowest BCUT2D eigenvalue weighted by atomic mass is 10.2. The third-order valence-electron chi connectivity index (χ3n) is 2.79. The van der Waals surface area contributed by atoms with Gasteiger partial charge in [-0.1, -0.05) is 12.1 Å². The van der Waals surface area contributed by atoms with Gasteiger partial charge < -0.3 is 20.5 Å². The molecule has 0 aromatic heterocycles. The Morgan fingerprint density at radius 3 is 3.00 bits per heavy atom. The van der Waals surface area contributed by atoms with Crippen molar-refractivity contribution in [3.8, 4) is 0 Å². The zero-order valence-corrected chi connectivity index (χ0v) is 10.8. The molecule has 6 nitrogen and oxygen atoms in total. The molecule has 0 radical (unpaired) electrons. The van der Waals surface area contributed by atoms with Crippen LogP contribution in [0.4, 0.5) is 5.69 Å². The normalized spacial score (nSPS) is 18.9. The Balaban J connectivity index is 2.00. The van der Waals surface area contributed by atoms with E-state index < -0.39 is 12.1 Å². The fraction of sp³-hybridized carbons (Fsp3) is 0.286. The largest absolute Gasteiger partial charge is 0.478 e. The number of benzene rings is 1. The number of aliphatic carboxylic acids is 1. The summed E-state index contributed by atoms with van der Waals surface area (Å²) in [5, 5.41) is 14.4. The van der Waals surface area contributed by atoms with E-state index in [-0.39, 0.29) is 5.91 Å². The lowest BCUT2D eigenvalue weighted by Crippen LogP contribution is -2.45. The number of ether oxygens (including phenoxy) is 1. The molecule has 1 aliphatic rings. The van der Waals surface area contributed by atoms with Gasteiger partial charge in [-0.3, -0.25) is 4.79 Å². The smallest absolute Gasteiger partial charge is 0.328 e. The molecule has 1 aromatic rings. The maximum absolute atomic E-state index is 12.0. The predicted octanol–water partition coefficient (Wildman–Crippen LogP) is 0.711. The molecule has 1 fully saturated rings. The van der Waals surface area contributed by atoms with Crippen LogP contribution in [0, 0.1) is 0 Å². The molecule has 106 valence electrons. The molecule has 0 saturated carbocycles. The van der Waals surface area contributed by atoms with Crippen molar-refractivity contribution < 1.29 is 19.4 Å².